The third kappa shape index (κ3) is 3.23. The number of fused-ring (bicyclic) bond motifs is 1. The van der Waals surface area contributed by atoms with Crippen molar-refractivity contribution >= 4 is 17.4 Å². The predicted octanol–water partition coefficient (Wildman–Crippen LogP) is 4.36. The maximum Gasteiger partial charge on any atom is 0.212 e. The summed E-state index contributed by atoms with van der Waals surface area (Å²) in [6.45, 7) is 0. The molecule has 0 aliphatic rings. The molecule has 0 spiro atoms. The van der Waals surface area contributed by atoms with Gasteiger partial charge in [-0.15, -0.1) is 10.2 Å². The maximum absolute atomic E-state index is 13.7. The summed E-state index contributed by atoms with van der Waals surface area (Å²) in [5.41, 5.74) is 2.67. The summed E-state index contributed by atoms with van der Waals surface area (Å²) in [5, 5.41) is 13.3. The van der Waals surface area contributed by atoms with Gasteiger partial charge in [-0.1, -0.05) is 30.0 Å². The Hall–Kier alpha value is -2.80. The molecule has 4 aromatic rings. The van der Waals surface area contributed by atoms with Crippen LogP contribution in [0.3, 0.4) is 0 Å². The Morgan fingerprint density at radius 1 is 0.880 bits per heavy atom. The van der Waals surface area contributed by atoms with Gasteiger partial charge in [-0.3, -0.25) is 0 Å². The van der Waals surface area contributed by atoms with Crippen LogP contribution in [0.25, 0.3) is 16.9 Å². The minimum absolute atomic E-state index is 0.246. The lowest BCUT2D eigenvalue weighted by molar-refractivity contribution is 0.617. The zero-order valence-corrected chi connectivity index (χ0v) is 13.8. The average Bonchev–Trinajstić information content (AvgIpc) is 3.04. The van der Waals surface area contributed by atoms with Gasteiger partial charge in [0.05, 0.1) is 5.69 Å². The fourth-order valence-corrected chi connectivity index (χ4v) is 3.27. The van der Waals surface area contributed by atoms with Crippen LogP contribution in [0, 0.1) is 11.6 Å². The normalized spacial score (nSPS) is 11.1. The first-order chi connectivity index (χ1) is 12.2. The maximum atomic E-state index is 13.7. The Morgan fingerprint density at radius 2 is 1.68 bits per heavy atom. The van der Waals surface area contributed by atoms with Crippen LogP contribution in [-0.4, -0.2) is 19.8 Å². The van der Waals surface area contributed by atoms with Crippen LogP contribution in [0.15, 0.2) is 65.8 Å². The van der Waals surface area contributed by atoms with Crippen molar-refractivity contribution in [2.24, 2.45) is 0 Å². The molecule has 0 aliphatic heterocycles. The molecule has 0 unspecified atom stereocenters. The number of aromatic nitrogens is 4. The summed E-state index contributed by atoms with van der Waals surface area (Å²) in [6.07, 6.45) is 0. The number of thioether (sulfide) groups is 1. The highest BCUT2D eigenvalue weighted by atomic mass is 32.2. The molecule has 25 heavy (non-hydrogen) atoms. The van der Waals surface area contributed by atoms with Crippen molar-refractivity contribution in [3.05, 3.63) is 77.9 Å². The zero-order valence-electron chi connectivity index (χ0n) is 12.9. The van der Waals surface area contributed by atoms with Gasteiger partial charge in [0, 0.05) is 11.3 Å². The smallest absolute Gasteiger partial charge is 0.207 e. The predicted molar refractivity (Wildman–Crippen MR) is 92.1 cm³/mol. The van der Waals surface area contributed by atoms with E-state index < -0.39 is 0 Å². The fourth-order valence-electron chi connectivity index (χ4n) is 2.39. The van der Waals surface area contributed by atoms with E-state index in [4.69, 9.17) is 0 Å². The first-order valence-electron chi connectivity index (χ1n) is 7.55. The van der Waals surface area contributed by atoms with E-state index in [1.807, 2.05) is 6.07 Å². The van der Waals surface area contributed by atoms with E-state index in [2.05, 4.69) is 15.3 Å². The monoisotopic (exact) mass is 354 g/mol. The second-order valence-electron chi connectivity index (χ2n) is 5.36. The largest absolute Gasteiger partial charge is 0.212 e. The van der Waals surface area contributed by atoms with Gasteiger partial charge < -0.3 is 0 Å². The second-order valence-corrected chi connectivity index (χ2v) is 6.30. The number of benzene rings is 2. The van der Waals surface area contributed by atoms with Crippen LogP contribution in [-0.2, 0) is 5.75 Å². The highest BCUT2D eigenvalue weighted by Crippen LogP contribution is 2.24. The SMILES string of the molecule is Fc1ccc(-c2ccc3nnc(SCc4ccccc4F)n3n2)cc1. The zero-order chi connectivity index (χ0) is 17.2. The Labute approximate surface area is 146 Å². The minimum Gasteiger partial charge on any atom is -0.207 e. The third-order valence-electron chi connectivity index (χ3n) is 3.69. The van der Waals surface area contributed by atoms with Crippen molar-refractivity contribution in [3.8, 4) is 11.3 Å². The van der Waals surface area contributed by atoms with Crippen molar-refractivity contribution < 1.29 is 8.78 Å². The highest BCUT2D eigenvalue weighted by Gasteiger charge is 2.11. The average molecular weight is 354 g/mol. The molecule has 0 bridgehead atoms. The van der Waals surface area contributed by atoms with Crippen LogP contribution in [0.4, 0.5) is 8.78 Å². The lowest BCUT2D eigenvalue weighted by atomic mass is 10.1. The van der Waals surface area contributed by atoms with Crippen LogP contribution in [0.2, 0.25) is 0 Å². The lowest BCUT2D eigenvalue weighted by Gasteiger charge is -2.04. The van der Waals surface area contributed by atoms with Gasteiger partial charge >= 0.3 is 0 Å². The van der Waals surface area contributed by atoms with Gasteiger partial charge in [-0.05, 0) is 48.0 Å². The van der Waals surface area contributed by atoms with Crippen molar-refractivity contribution in [2.75, 3.05) is 0 Å². The molecule has 0 N–H and O–H groups in total. The molecule has 4 nitrogen and oxygen atoms in total. The van der Waals surface area contributed by atoms with Gasteiger partial charge in [0.2, 0.25) is 5.16 Å². The summed E-state index contributed by atoms with van der Waals surface area (Å²) in [7, 11) is 0. The molecule has 4 rings (SSSR count). The first kappa shape index (κ1) is 15.7. The fraction of sp³-hybridized carbons (Fsp3) is 0.0556. The van der Waals surface area contributed by atoms with Gasteiger partial charge in [0.1, 0.15) is 11.6 Å². The highest BCUT2D eigenvalue weighted by molar-refractivity contribution is 7.98. The quantitative estimate of drug-likeness (QED) is 0.511. The van der Waals surface area contributed by atoms with Crippen molar-refractivity contribution in [1.29, 1.82) is 0 Å². The second kappa shape index (κ2) is 6.60. The Balaban J connectivity index is 1.64. The molecule has 0 saturated carbocycles. The number of nitrogens with zero attached hydrogens (tertiary/aromatic N) is 4. The van der Waals surface area contributed by atoms with E-state index in [1.165, 1.54) is 30.0 Å². The minimum atomic E-state index is -0.296. The van der Waals surface area contributed by atoms with E-state index in [0.29, 0.717) is 27.8 Å². The molecule has 124 valence electrons. The van der Waals surface area contributed by atoms with Crippen LogP contribution in [0.5, 0.6) is 0 Å². The van der Waals surface area contributed by atoms with E-state index in [1.54, 1.807) is 40.9 Å². The first-order valence-corrected chi connectivity index (χ1v) is 8.54. The summed E-state index contributed by atoms with van der Waals surface area (Å²) < 4.78 is 28.4. The van der Waals surface area contributed by atoms with E-state index in [-0.39, 0.29) is 11.6 Å². The molecule has 0 aliphatic carbocycles. The Morgan fingerprint density at radius 3 is 2.48 bits per heavy atom. The van der Waals surface area contributed by atoms with Crippen molar-refractivity contribution in [3.63, 3.8) is 0 Å². The van der Waals surface area contributed by atoms with Crippen LogP contribution < -0.4 is 0 Å². The molecule has 2 aromatic heterocycles. The topological polar surface area (TPSA) is 43.1 Å². The lowest BCUT2D eigenvalue weighted by Crippen LogP contribution is -1.97. The molecule has 7 heteroatoms. The molecule has 2 heterocycles. The molecular weight excluding hydrogens is 342 g/mol. The summed E-state index contributed by atoms with van der Waals surface area (Å²) in [6, 6.07) is 16.3. The number of halogens is 2. The molecule has 0 amide bonds. The number of hydrogen-bond acceptors (Lipinski definition) is 4. The van der Waals surface area contributed by atoms with Gasteiger partial charge in [-0.2, -0.15) is 9.61 Å². The molecule has 0 saturated heterocycles. The van der Waals surface area contributed by atoms with Gasteiger partial charge in [0.25, 0.3) is 0 Å². The van der Waals surface area contributed by atoms with Crippen LogP contribution in [0.1, 0.15) is 5.56 Å². The third-order valence-corrected chi connectivity index (χ3v) is 4.66. The Kier molecular flexibility index (Phi) is 4.15. The molecule has 0 fully saturated rings. The Bertz CT molecular complexity index is 1030. The summed E-state index contributed by atoms with van der Waals surface area (Å²) in [4.78, 5) is 0. The van der Waals surface area contributed by atoms with Crippen molar-refractivity contribution in [1.82, 2.24) is 19.8 Å². The van der Waals surface area contributed by atoms with E-state index in [9.17, 15) is 8.78 Å². The molecule has 0 atom stereocenters. The summed E-state index contributed by atoms with van der Waals surface area (Å²) >= 11 is 1.36. The van der Waals surface area contributed by atoms with Gasteiger partial charge in [0.15, 0.2) is 5.65 Å². The molecule has 2 aromatic carbocycles. The molecule has 0 radical (unpaired) electrons. The van der Waals surface area contributed by atoms with E-state index >= 15 is 0 Å². The van der Waals surface area contributed by atoms with Gasteiger partial charge in [-0.25, -0.2) is 8.78 Å². The molecular formula is C18H12F2N4S. The van der Waals surface area contributed by atoms with Crippen LogP contribution >= 0.6 is 11.8 Å². The van der Waals surface area contributed by atoms with E-state index in [0.717, 1.165) is 5.56 Å². The van der Waals surface area contributed by atoms with Crippen molar-refractivity contribution in [2.45, 2.75) is 10.9 Å². The number of rotatable bonds is 4. The standard InChI is InChI=1S/C18H12F2N4S/c19-14-7-5-12(6-8-14)16-9-10-17-21-22-18(24(17)23-16)25-11-13-3-1-2-4-15(13)20/h1-10H,11H2. The summed E-state index contributed by atoms with van der Waals surface area (Å²) in [5.74, 6) is -0.116. The number of hydrogen-bond donors (Lipinski definition) is 0.